The van der Waals surface area contributed by atoms with Gasteiger partial charge in [0.2, 0.25) is 5.91 Å². The van der Waals surface area contributed by atoms with E-state index >= 15 is 0 Å². The average Bonchev–Trinajstić information content (AvgIpc) is 2.38. The lowest BCUT2D eigenvalue weighted by molar-refractivity contribution is -0.128. The van der Waals surface area contributed by atoms with E-state index in [1.807, 2.05) is 6.92 Å². The van der Waals surface area contributed by atoms with Crippen molar-refractivity contribution in [2.45, 2.75) is 63.8 Å². The Bertz CT molecular complexity index is 253. The van der Waals surface area contributed by atoms with Gasteiger partial charge in [-0.05, 0) is 51.5 Å². The number of rotatable bonds is 3. The van der Waals surface area contributed by atoms with Gasteiger partial charge in [0.05, 0.1) is 5.54 Å². The second kappa shape index (κ2) is 5.85. The van der Waals surface area contributed by atoms with Gasteiger partial charge >= 0.3 is 0 Å². The van der Waals surface area contributed by atoms with Crippen molar-refractivity contribution in [1.82, 2.24) is 10.6 Å². The third kappa shape index (κ3) is 3.44. The maximum atomic E-state index is 12.2. The lowest BCUT2D eigenvalue weighted by atomic mass is 9.87. The summed E-state index contributed by atoms with van der Waals surface area (Å²) in [7, 11) is 0. The van der Waals surface area contributed by atoms with Crippen molar-refractivity contribution in [3.8, 4) is 0 Å². The Labute approximate surface area is 105 Å². The molecule has 1 unspecified atom stereocenters. The van der Waals surface area contributed by atoms with Crippen molar-refractivity contribution >= 4 is 5.91 Å². The SMILES string of the molecule is CC1(C(=O)NCC2CCCCC2)CCCCN1. The molecule has 2 fully saturated rings. The van der Waals surface area contributed by atoms with Gasteiger partial charge in [0.25, 0.3) is 0 Å². The first kappa shape index (κ1) is 12.9. The molecule has 1 saturated carbocycles. The van der Waals surface area contributed by atoms with Crippen molar-refractivity contribution in [1.29, 1.82) is 0 Å². The van der Waals surface area contributed by atoms with E-state index in [4.69, 9.17) is 0 Å². The second-order valence-electron chi connectivity index (χ2n) is 5.93. The molecular weight excluding hydrogens is 212 g/mol. The smallest absolute Gasteiger partial charge is 0.240 e. The first-order valence-corrected chi connectivity index (χ1v) is 7.24. The first-order chi connectivity index (χ1) is 8.21. The number of carbonyl (C=O) groups excluding carboxylic acids is 1. The standard InChI is InChI=1S/C14H26N2O/c1-14(9-5-6-10-16-14)13(17)15-11-12-7-3-2-4-8-12/h12,16H,2-11H2,1H3,(H,15,17). The fraction of sp³-hybridized carbons (Fsp3) is 0.929. The minimum atomic E-state index is -0.313. The van der Waals surface area contributed by atoms with E-state index in [-0.39, 0.29) is 11.4 Å². The molecule has 0 aromatic carbocycles. The molecule has 98 valence electrons. The van der Waals surface area contributed by atoms with Crippen LogP contribution in [0.2, 0.25) is 0 Å². The highest BCUT2D eigenvalue weighted by Gasteiger charge is 2.34. The van der Waals surface area contributed by atoms with Gasteiger partial charge in [-0.1, -0.05) is 19.3 Å². The molecule has 0 bridgehead atoms. The topological polar surface area (TPSA) is 41.1 Å². The Balaban J connectivity index is 1.75. The molecule has 1 atom stereocenters. The molecule has 2 aliphatic rings. The van der Waals surface area contributed by atoms with Crippen LogP contribution in [0.25, 0.3) is 0 Å². The van der Waals surface area contributed by atoms with E-state index in [9.17, 15) is 4.79 Å². The number of nitrogens with one attached hydrogen (secondary N) is 2. The van der Waals surface area contributed by atoms with E-state index in [2.05, 4.69) is 10.6 Å². The van der Waals surface area contributed by atoms with Gasteiger partial charge < -0.3 is 10.6 Å². The molecule has 0 spiro atoms. The van der Waals surface area contributed by atoms with Crippen molar-refractivity contribution in [2.24, 2.45) is 5.92 Å². The van der Waals surface area contributed by atoms with Crippen LogP contribution < -0.4 is 10.6 Å². The molecule has 0 radical (unpaired) electrons. The highest BCUT2D eigenvalue weighted by molar-refractivity contribution is 5.85. The number of carbonyl (C=O) groups is 1. The molecule has 0 aromatic rings. The summed E-state index contributed by atoms with van der Waals surface area (Å²) in [6.45, 7) is 3.91. The fourth-order valence-corrected chi connectivity index (χ4v) is 3.07. The van der Waals surface area contributed by atoms with Crippen LogP contribution in [0.5, 0.6) is 0 Å². The Hall–Kier alpha value is -0.570. The van der Waals surface area contributed by atoms with Crippen LogP contribution in [0.3, 0.4) is 0 Å². The van der Waals surface area contributed by atoms with Crippen molar-refractivity contribution in [2.75, 3.05) is 13.1 Å². The van der Waals surface area contributed by atoms with Gasteiger partial charge in [-0.3, -0.25) is 4.79 Å². The predicted molar refractivity (Wildman–Crippen MR) is 69.8 cm³/mol. The van der Waals surface area contributed by atoms with Crippen molar-refractivity contribution in [3.05, 3.63) is 0 Å². The van der Waals surface area contributed by atoms with Crippen molar-refractivity contribution in [3.63, 3.8) is 0 Å². The van der Waals surface area contributed by atoms with Crippen LogP contribution in [0.1, 0.15) is 58.3 Å². The highest BCUT2D eigenvalue weighted by Crippen LogP contribution is 2.23. The van der Waals surface area contributed by atoms with Gasteiger partial charge in [-0.2, -0.15) is 0 Å². The Morgan fingerprint density at radius 2 is 2.00 bits per heavy atom. The maximum Gasteiger partial charge on any atom is 0.240 e. The summed E-state index contributed by atoms with van der Waals surface area (Å²) in [5.41, 5.74) is -0.313. The summed E-state index contributed by atoms with van der Waals surface area (Å²) in [4.78, 5) is 12.2. The highest BCUT2D eigenvalue weighted by atomic mass is 16.2. The van der Waals surface area contributed by atoms with Gasteiger partial charge in [0.15, 0.2) is 0 Å². The zero-order chi connectivity index (χ0) is 12.1. The lowest BCUT2D eigenvalue weighted by Crippen LogP contribution is -2.57. The quantitative estimate of drug-likeness (QED) is 0.791. The molecule has 2 N–H and O–H groups in total. The molecule has 2 rings (SSSR count). The summed E-state index contributed by atoms with van der Waals surface area (Å²) < 4.78 is 0. The molecule has 1 aliphatic carbocycles. The molecule has 3 heteroatoms. The number of piperidine rings is 1. The second-order valence-corrected chi connectivity index (χ2v) is 5.93. The summed E-state index contributed by atoms with van der Waals surface area (Å²) in [5, 5.41) is 6.53. The first-order valence-electron chi connectivity index (χ1n) is 7.24. The zero-order valence-electron chi connectivity index (χ0n) is 11.1. The number of amides is 1. The van der Waals surface area contributed by atoms with E-state index in [0.717, 1.165) is 25.4 Å². The summed E-state index contributed by atoms with van der Waals surface area (Å²) in [6, 6.07) is 0. The van der Waals surface area contributed by atoms with Gasteiger partial charge in [0, 0.05) is 6.54 Å². The van der Waals surface area contributed by atoms with Crippen LogP contribution in [-0.2, 0) is 4.79 Å². The van der Waals surface area contributed by atoms with Crippen LogP contribution in [0, 0.1) is 5.92 Å². The van der Waals surface area contributed by atoms with Crippen LogP contribution in [0.4, 0.5) is 0 Å². The van der Waals surface area contributed by atoms with Gasteiger partial charge in [-0.15, -0.1) is 0 Å². The van der Waals surface area contributed by atoms with E-state index in [1.54, 1.807) is 0 Å². The minimum Gasteiger partial charge on any atom is -0.354 e. The Morgan fingerprint density at radius 3 is 2.65 bits per heavy atom. The van der Waals surface area contributed by atoms with Crippen LogP contribution in [0.15, 0.2) is 0 Å². The summed E-state index contributed by atoms with van der Waals surface area (Å²) in [5.74, 6) is 0.933. The van der Waals surface area contributed by atoms with E-state index in [1.165, 1.54) is 44.9 Å². The third-order valence-corrected chi connectivity index (χ3v) is 4.40. The molecule has 0 aromatic heterocycles. The molecule has 17 heavy (non-hydrogen) atoms. The third-order valence-electron chi connectivity index (χ3n) is 4.40. The Morgan fingerprint density at radius 1 is 1.24 bits per heavy atom. The predicted octanol–water partition coefficient (Wildman–Crippen LogP) is 2.22. The number of hydrogen-bond acceptors (Lipinski definition) is 2. The van der Waals surface area contributed by atoms with Crippen LogP contribution >= 0.6 is 0 Å². The zero-order valence-corrected chi connectivity index (χ0v) is 11.1. The molecule has 1 saturated heterocycles. The largest absolute Gasteiger partial charge is 0.354 e. The number of hydrogen-bond donors (Lipinski definition) is 2. The van der Waals surface area contributed by atoms with Crippen molar-refractivity contribution < 1.29 is 4.79 Å². The van der Waals surface area contributed by atoms with E-state index < -0.39 is 0 Å². The fourth-order valence-electron chi connectivity index (χ4n) is 3.07. The molecule has 3 nitrogen and oxygen atoms in total. The van der Waals surface area contributed by atoms with E-state index in [0.29, 0.717) is 0 Å². The summed E-state index contributed by atoms with van der Waals surface area (Å²) in [6.07, 6.45) is 10.0. The molecule has 1 aliphatic heterocycles. The molecular formula is C14H26N2O. The van der Waals surface area contributed by atoms with Crippen LogP contribution in [-0.4, -0.2) is 24.5 Å². The Kier molecular flexibility index (Phi) is 4.43. The van der Waals surface area contributed by atoms with Gasteiger partial charge in [-0.25, -0.2) is 0 Å². The monoisotopic (exact) mass is 238 g/mol. The molecule has 1 amide bonds. The maximum absolute atomic E-state index is 12.2. The molecule has 1 heterocycles. The average molecular weight is 238 g/mol. The summed E-state index contributed by atoms with van der Waals surface area (Å²) >= 11 is 0. The lowest BCUT2D eigenvalue weighted by Gasteiger charge is -2.34. The van der Waals surface area contributed by atoms with Gasteiger partial charge in [0.1, 0.15) is 0 Å². The minimum absolute atomic E-state index is 0.211. The normalized spacial score (nSPS) is 31.1.